The number of hydrogen-bond donors (Lipinski definition) is 0. The van der Waals surface area contributed by atoms with Gasteiger partial charge in [-0.1, -0.05) is 30.3 Å². The highest BCUT2D eigenvalue weighted by Gasteiger charge is 2.29. The van der Waals surface area contributed by atoms with Gasteiger partial charge in [0, 0.05) is 25.5 Å². The fraction of sp³-hybridized carbons (Fsp3) is 0.350. The number of fused-ring (bicyclic) bond motifs is 1. The predicted octanol–water partition coefficient (Wildman–Crippen LogP) is 1.99. The van der Waals surface area contributed by atoms with Crippen molar-refractivity contribution in [2.75, 3.05) is 25.1 Å². The van der Waals surface area contributed by atoms with E-state index < -0.39 is 9.84 Å². The van der Waals surface area contributed by atoms with Gasteiger partial charge in [0.2, 0.25) is 0 Å². The fourth-order valence-electron chi connectivity index (χ4n) is 3.73. The van der Waals surface area contributed by atoms with Gasteiger partial charge < -0.3 is 9.47 Å². The molecule has 0 spiro atoms. The Hall–Kier alpha value is -2.74. The van der Waals surface area contributed by atoms with Crippen LogP contribution in [0.4, 0.5) is 0 Å². The third-order valence-corrected chi connectivity index (χ3v) is 6.09. The van der Waals surface area contributed by atoms with Crippen LogP contribution in [-0.2, 0) is 16.4 Å². The number of nitrogens with zero attached hydrogens (tertiary/aromatic N) is 4. The van der Waals surface area contributed by atoms with E-state index in [1.807, 2.05) is 34.9 Å². The predicted molar refractivity (Wildman–Crippen MR) is 107 cm³/mol. The Labute approximate surface area is 163 Å². The molecule has 8 heteroatoms. The highest BCUT2D eigenvalue weighted by molar-refractivity contribution is 7.90. The van der Waals surface area contributed by atoms with Crippen molar-refractivity contribution in [1.82, 2.24) is 19.4 Å². The average Bonchev–Trinajstić information content (AvgIpc) is 3.27. The van der Waals surface area contributed by atoms with E-state index >= 15 is 0 Å². The van der Waals surface area contributed by atoms with E-state index in [0.29, 0.717) is 37.1 Å². The summed E-state index contributed by atoms with van der Waals surface area (Å²) >= 11 is 0. The molecule has 28 heavy (non-hydrogen) atoms. The van der Waals surface area contributed by atoms with Gasteiger partial charge in [0.25, 0.3) is 5.91 Å². The average molecular weight is 398 g/mol. The van der Waals surface area contributed by atoms with Crippen molar-refractivity contribution in [3.8, 4) is 0 Å². The summed E-state index contributed by atoms with van der Waals surface area (Å²) in [5.41, 5.74) is 3.04. The van der Waals surface area contributed by atoms with Crippen molar-refractivity contribution >= 4 is 26.9 Å². The number of amides is 1. The summed E-state index contributed by atoms with van der Waals surface area (Å²) in [4.78, 5) is 23.4. The molecular weight excluding hydrogens is 376 g/mol. The number of carbonyl (C=O) groups is 1. The topological polar surface area (TPSA) is 85.2 Å². The molecule has 1 aliphatic rings. The minimum Gasteiger partial charge on any atom is -0.338 e. The molecule has 1 unspecified atom stereocenters. The third-order valence-electron chi connectivity index (χ3n) is 5.01. The normalized spacial score (nSPS) is 17.3. The van der Waals surface area contributed by atoms with E-state index in [1.54, 1.807) is 23.5 Å². The minimum absolute atomic E-state index is 0.000668. The molecule has 1 aromatic carbocycles. The zero-order valence-electron chi connectivity index (χ0n) is 15.7. The van der Waals surface area contributed by atoms with Crippen molar-refractivity contribution in [2.24, 2.45) is 5.92 Å². The van der Waals surface area contributed by atoms with Crippen LogP contribution < -0.4 is 0 Å². The Morgan fingerprint density at radius 3 is 2.75 bits per heavy atom. The van der Waals surface area contributed by atoms with Crippen LogP contribution >= 0.6 is 0 Å². The number of benzene rings is 1. The second-order valence-corrected chi connectivity index (χ2v) is 9.61. The molecule has 0 saturated carbocycles. The molecule has 1 aliphatic heterocycles. The Bertz CT molecular complexity index is 1110. The molecule has 1 saturated heterocycles. The van der Waals surface area contributed by atoms with E-state index in [9.17, 15) is 13.2 Å². The number of sulfone groups is 1. The van der Waals surface area contributed by atoms with Gasteiger partial charge in [0.1, 0.15) is 15.4 Å². The van der Waals surface area contributed by atoms with Gasteiger partial charge in [-0.15, -0.1) is 0 Å². The van der Waals surface area contributed by atoms with Gasteiger partial charge in [0.15, 0.2) is 5.65 Å². The zero-order chi connectivity index (χ0) is 19.7. The van der Waals surface area contributed by atoms with Crippen LogP contribution in [0.2, 0.25) is 0 Å². The van der Waals surface area contributed by atoms with Crippen LogP contribution in [0, 0.1) is 5.92 Å². The van der Waals surface area contributed by atoms with Crippen LogP contribution in [0.15, 0.2) is 48.9 Å². The van der Waals surface area contributed by atoms with Gasteiger partial charge in [-0.3, -0.25) is 4.79 Å². The molecule has 0 aliphatic carbocycles. The maximum atomic E-state index is 12.8. The summed E-state index contributed by atoms with van der Waals surface area (Å²) in [6.07, 6.45) is 5.26. The lowest BCUT2D eigenvalue weighted by atomic mass is 10.2. The summed E-state index contributed by atoms with van der Waals surface area (Å²) in [6, 6.07) is 11.8. The smallest absolute Gasteiger partial charge is 0.255 e. The second-order valence-electron chi connectivity index (χ2n) is 7.42. The van der Waals surface area contributed by atoms with E-state index in [2.05, 4.69) is 9.97 Å². The largest absolute Gasteiger partial charge is 0.338 e. The number of pyridine rings is 1. The van der Waals surface area contributed by atoms with E-state index in [-0.39, 0.29) is 17.6 Å². The first-order chi connectivity index (χ1) is 13.4. The molecule has 3 heterocycles. The van der Waals surface area contributed by atoms with E-state index in [4.69, 9.17) is 0 Å². The molecule has 0 radical (unpaired) electrons. The van der Waals surface area contributed by atoms with Gasteiger partial charge >= 0.3 is 0 Å². The Morgan fingerprint density at radius 1 is 1.21 bits per heavy atom. The molecule has 7 nitrogen and oxygen atoms in total. The van der Waals surface area contributed by atoms with Gasteiger partial charge in [-0.05, 0) is 24.0 Å². The summed E-state index contributed by atoms with van der Waals surface area (Å²) in [6.45, 7) is 1.70. The van der Waals surface area contributed by atoms with Crippen molar-refractivity contribution in [3.63, 3.8) is 0 Å². The SMILES string of the molecule is CS(=O)(=O)CC1CCN(C(=O)c2cnc3c(c2)ncn3Cc2ccccc2)C1. The van der Waals surface area contributed by atoms with Crippen molar-refractivity contribution < 1.29 is 13.2 Å². The maximum Gasteiger partial charge on any atom is 0.255 e. The number of rotatable bonds is 5. The number of carbonyl (C=O) groups excluding carboxylic acids is 1. The lowest BCUT2D eigenvalue weighted by molar-refractivity contribution is 0.0788. The molecule has 4 rings (SSSR count). The summed E-state index contributed by atoms with van der Waals surface area (Å²) in [5.74, 6) is 0.00143. The highest BCUT2D eigenvalue weighted by atomic mass is 32.2. The molecular formula is C20H22N4O3S. The highest BCUT2D eigenvalue weighted by Crippen LogP contribution is 2.21. The number of hydrogen-bond acceptors (Lipinski definition) is 5. The molecule has 2 aromatic heterocycles. The Morgan fingerprint density at radius 2 is 2.00 bits per heavy atom. The second kappa shape index (κ2) is 7.35. The van der Waals surface area contributed by atoms with Crippen molar-refractivity contribution in [1.29, 1.82) is 0 Å². The molecule has 3 aromatic rings. The lowest BCUT2D eigenvalue weighted by Gasteiger charge is -2.16. The van der Waals surface area contributed by atoms with Crippen LogP contribution in [-0.4, -0.2) is 58.9 Å². The summed E-state index contributed by atoms with van der Waals surface area (Å²) in [7, 11) is -3.04. The molecule has 1 fully saturated rings. The third kappa shape index (κ3) is 4.06. The first kappa shape index (κ1) is 18.6. The summed E-state index contributed by atoms with van der Waals surface area (Å²) < 4.78 is 24.9. The number of aromatic nitrogens is 3. The van der Waals surface area contributed by atoms with Gasteiger partial charge in [-0.2, -0.15) is 0 Å². The van der Waals surface area contributed by atoms with Crippen molar-refractivity contribution in [2.45, 2.75) is 13.0 Å². The van der Waals surface area contributed by atoms with Crippen LogP contribution in [0.25, 0.3) is 11.2 Å². The Kier molecular flexibility index (Phi) is 4.89. The molecule has 1 amide bonds. The molecule has 1 atom stereocenters. The van der Waals surface area contributed by atoms with Gasteiger partial charge in [0.05, 0.1) is 24.2 Å². The number of likely N-dealkylation sites (tertiary alicyclic amines) is 1. The standard InChI is InChI=1S/C20H22N4O3S/c1-28(26,27)13-16-7-8-23(12-16)20(25)17-9-18-19(21-10-17)24(14-22-18)11-15-5-3-2-4-6-15/h2-6,9-10,14,16H,7-8,11-13H2,1H3. The number of imidazole rings is 1. The van der Waals surface area contributed by atoms with E-state index in [0.717, 1.165) is 11.2 Å². The molecule has 146 valence electrons. The monoisotopic (exact) mass is 398 g/mol. The maximum absolute atomic E-state index is 12.8. The van der Waals surface area contributed by atoms with Crippen LogP contribution in [0.1, 0.15) is 22.3 Å². The first-order valence-electron chi connectivity index (χ1n) is 9.21. The van der Waals surface area contributed by atoms with Crippen LogP contribution in [0.5, 0.6) is 0 Å². The molecule has 0 bridgehead atoms. The Balaban J connectivity index is 1.50. The van der Waals surface area contributed by atoms with Crippen LogP contribution in [0.3, 0.4) is 0 Å². The lowest BCUT2D eigenvalue weighted by Crippen LogP contribution is -2.29. The quantitative estimate of drug-likeness (QED) is 0.656. The summed E-state index contributed by atoms with van der Waals surface area (Å²) in [5, 5.41) is 0. The molecule has 0 N–H and O–H groups in total. The van der Waals surface area contributed by atoms with E-state index in [1.165, 1.54) is 6.26 Å². The zero-order valence-corrected chi connectivity index (χ0v) is 16.5. The minimum atomic E-state index is -3.04. The van der Waals surface area contributed by atoms with Gasteiger partial charge in [-0.25, -0.2) is 18.4 Å². The fourth-order valence-corrected chi connectivity index (χ4v) is 4.85. The van der Waals surface area contributed by atoms with Crippen molar-refractivity contribution in [3.05, 3.63) is 60.0 Å². The first-order valence-corrected chi connectivity index (χ1v) is 11.3.